The van der Waals surface area contributed by atoms with Crippen molar-refractivity contribution < 1.29 is 13.5 Å². The summed E-state index contributed by atoms with van der Waals surface area (Å²) in [7, 11) is -3.64. The Balaban J connectivity index is 2.26. The first-order valence-corrected chi connectivity index (χ1v) is 7.68. The fraction of sp³-hybridized carbons (Fsp3) is 0.214. The Morgan fingerprint density at radius 2 is 2.24 bits per heavy atom. The molecule has 0 atom stereocenters. The summed E-state index contributed by atoms with van der Waals surface area (Å²) in [5.74, 6) is 5.19. The molecule has 1 heterocycles. The summed E-state index contributed by atoms with van der Waals surface area (Å²) >= 11 is 0. The normalized spacial score (nSPS) is 11.0. The third-order valence-electron chi connectivity index (χ3n) is 2.80. The predicted molar refractivity (Wildman–Crippen MR) is 77.8 cm³/mol. The molecule has 3 N–H and O–H groups in total. The first kappa shape index (κ1) is 15.3. The number of aromatic amines is 1. The summed E-state index contributed by atoms with van der Waals surface area (Å²) < 4.78 is 27.2. The monoisotopic (exact) mass is 305 g/mol. The van der Waals surface area contributed by atoms with E-state index >= 15 is 0 Å². The molecular formula is C14H15N3O3S. The Kier molecular flexibility index (Phi) is 4.75. The van der Waals surface area contributed by atoms with E-state index in [1.807, 2.05) is 0 Å². The van der Waals surface area contributed by atoms with Gasteiger partial charge in [-0.2, -0.15) is 0 Å². The van der Waals surface area contributed by atoms with Crippen LogP contribution in [0.5, 0.6) is 0 Å². The molecule has 110 valence electrons. The highest BCUT2D eigenvalue weighted by Crippen LogP contribution is 2.17. The van der Waals surface area contributed by atoms with E-state index in [1.54, 1.807) is 25.3 Å². The van der Waals surface area contributed by atoms with Crippen LogP contribution in [0, 0.1) is 18.8 Å². The molecule has 0 spiro atoms. The second-order valence-electron chi connectivity index (χ2n) is 4.34. The number of aliphatic hydroxyl groups is 1. The van der Waals surface area contributed by atoms with Crippen LogP contribution in [0.1, 0.15) is 16.8 Å². The van der Waals surface area contributed by atoms with E-state index in [1.165, 1.54) is 12.4 Å². The molecule has 21 heavy (non-hydrogen) atoms. The van der Waals surface area contributed by atoms with Crippen molar-refractivity contribution in [2.45, 2.75) is 18.4 Å². The number of hydrogen-bond acceptors (Lipinski definition) is 4. The predicted octanol–water partition coefficient (Wildman–Crippen LogP) is 0.540. The van der Waals surface area contributed by atoms with Gasteiger partial charge in [-0.15, -0.1) is 0 Å². The summed E-state index contributed by atoms with van der Waals surface area (Å²) in [6.07, 6.45) is 3.04. The van der Waals surface area contributed by atoms with Crippen LogP contribution in [-0.4, -0.2) is 30.1 Å². The van der Waals surface area contributed by atoms with Gasteiger partial charge in [0.05, 0.1) is 17.8 Å². The van der Waals surface area contributed by atoms with Crippen molar-refractivity contribution in [3.8, 4) is 11.8 Å². The Morgan fingerprint density at radius 1 is 1.43 bits per heavy atom. The van der Waals surface area contributed by atoms with Crippen LogP contribution >= 0.6 is 0 Å². The first-order valence-electron chi connectivity index (χ1n) is 6.20. The second kappa shape index (κ2) is 6.54. The summed E-state index contributed by atoms with van der Waals surface area (Å²) in [5, 5.41) is 8.69. The van der Waals surface area contributed by atoms with Crippen LogP contribution in [0.4, 0.5) is 0 Å². The average molecular weight is 305 g/mol. The molecule has 0 saturated heterocycles. The van der Waals surface area contributed by atoms with Crippen LogP contribution < -0.4 is 4.72 Å². The van der Waals surface area contributed by atoms with Gasteiger partial charge in [0.1, 0.15) is 6.61 Å². The van der Waals surface area contributed by atoms with Gasteiger partial charge >= 0.3 is 0 Å². The van der Waals surface area contributed by atoms with E-state index in [-0.39, 0.29) is 18.0 Å². The molecule has 0 saturated carbocycles. The molecule has 0 aliphatic heterocycles. The quantitative estimate of drug-likeness (QED) is 0.719. The largest absolute Gasteiger partial charge is 0.384 e. The van der Waals surface area contributed by atoms with Gasteiger partial charge in [0.2, 0.25) is 10.0 Å². The van der Waals surface area contributed by atoms with Crippen molar-refractivity contribution in [1.29, 1.82) is 0 Å². The summed E-state index contributed by atoms with van der Waals surface area (Å²) in [6, 6.07) is 4.89. The highest BCUT2D eigenvalue weighted by molar-refractivity contribution is 7.89. The van der Waals surface area contributed by atoms with Crippen molar-refractivity contribution in [2.75, 3.05) is 6.61 Å². The molecule has 2 rings (SSSR count). The van der Waals surface area contributed by atoms with Crippen molar-refractivity contribution in [3.63, 3.8) is 0 Å². The maximum absolute atomic E-state index is 12.3. The molecule has 0 aliphatic rings. The van der Waals surface area contributed by atoms with Gasteiger partial charge in [0.15, 0.2) is 0 Å². The van der Waals surface area contributed by atoms with Gasteiger partial charge in [-0.05, 0) is 24.6 Å². The van der Waals surface area contributed by atoms with Crippen LogP contribution in [-0.2, 0) is 16.6 Å². The lowest BCUT2D eigenvalue weighted by atomic mass is 10.1. The van der Waals surface area contributed by atoms with Crippen LogP contribution in [0.2, 0.25) is 0 Å². The maximum Gasteiger partial charge on any atom is 0.241 e. The van der Waals surface area contributed by atoms with Crippen molar-refractivity contribution in [2.24, 2.45) is 0 Å². The zero-order chi connectivity index (χ0) is 15.3. The lowest BCUT2D eigenvalue weighted by molar-refractivity contribution is 0.350. The number of nitrogens with zero attached hydrogens (tertiary/aromatic N) is 1. The highest BCUT2D eigenvalue weighted by Gasteiger charge is 2.17. The highest BCUT2D eigenvalue weighted by atomic mass is 32.2. The van der Waals surface area contributed by atoms with E-state index in [2.05, 4.69) is 26.5 Å². The van der Waals surface area contributed by atoms with Gasteiger partial charge < -0.3 is 10.1 Å². The van der Waals surface area contributed by atoms with Gasteiger partial charge in [-0.1, -0.05) is 17.9 Å². The molecular weight excluding hydrogens is 290 g/mol. The summed E-state index contributed by atoms with van der Waals surface area (Å²) in [6.45, 7) is 1.58. The standard InChI is InChI=1S/C14H15N3O3S/c1-11-4-5-12(3-2-6-18)7-14(11)21(19,20)17-9-13-8-15-10-16-13/h4-5,7-8,10,17-18H,6,9H2,1H3,(H,15,16). The molecule has 0 bridgehead atoms. The third-order valence-corrected chi connectivity index (χ3v) is 4.34. The third kappa shape index (κ3) is 3.92. The molecule has 1 aromatic heterocycles. The number of aliphatic hydroxyl groups excluding tert-OH is 1. The Morgan fingerprint density at radius 3 is 2.90 bits per heavy atom. The van der Waals surface area contributed by atoms with Crippen LogP contribution in [0.25, 0.3) is 0 Å². The number of aromatic nitrogens is 2. The van der Waals surface area contributed by atoms with Gasteiger partial charge in [-0.3, -0.25) is 0 Å². The summed E-state index contributed by atoms with van der Waals surface area (Å²) in [5.41, 5.74) is 1.84. The SMILES string of the molecule is Cc1ccc(C#CCO)cc1S(=O)(=O)NCc1cnc[nH]1. The van der Waals surface area contributed by atoms with Gasteiger partial charge in [0, 0.05) is 17.5 Å². The molecule has 0 unspecified atom stereocenters. The molecule has 0 fully saturated rings. The van der Waals surface area contributed by atoms with Gasteiger partial charge in [-0.25, -0.2) is 18.1 Å². The van der Waals surface area contributed by atoms with Crippen molar-refractivity contribution in [3.05, 3.63) is 47.5 Å². The minimum Gasteiger partial charge on any atom is -0.384 e. The molecule has 0 radical (unpaired) electrons. The number of H-pyrrole nitrogens is 1. The number of rotatable bonds is 4. The topological polar surface area (TPSA) is 95.1 Å². The number of imidazole rings is 1. The molecule has 7 heteroatoms. The number of hydrogen-bond donors (Lipinski definition) is 3. The molecule has 0 amide bonds. The lowest BCUT2D eigenvalue weighted by Gasteiger charge is -2.09. The average Bonchev–Trinajstić information content (AvgIpc) is 2.97. The van der Waals surface area contributed by atoms with Gasteiger partial charge in [0.25, 0.3) is 0 Å². The Labute approximate surface area is 123 Å². The minimum atomic E-state index is -3.64. The Hall–Kier alpha value is -2.14. The number of aryl methyl sites for hydroxylation is 1. The smallest absolute Gasteiger partial charge is 0.241 e. The number of nitrogens with one attached hydrogen (secondary N) is 2. The van der Waals surface area contributed by atoms with E-state index < -0.39 is 10.0 Å². The van der Waals surface area contributed by atoms with E-state index in [0.717, 1.165) is 0 Å². The van der Waals surface area contributed by atoms with E-state index in [0.29, 0.717) is 16.8 Å². The van der Waals surface area contributed by atoms with Crippen molar-refractivity contribution in [1.82, 2.24) is 14.7 Å². The molecule has 1 aromatic carbocycles. The van der Waals surface area contributed by atoms with Crippen LogP contribution in [0.3, 0.4) is 0 Å². The zero-order valence-electron chi connectivity index (χ0n) is 11.4. The Bertz CT molecular complexity index is 772. The number of benzene rings is 1. The fourth-order valence-electron chi connectivity index (χ4n) is 1.74. The molecule has 6 nitrogen and oxygen atoms in total. The summed E-state index contributed by atoms with van der Waals surface area (Å²) in [4.78, 5) is 6.83. The maximum atomic E-state index is 12.3. The van der Waals surface area contributed by atoms with E-state index in [4.69, 9.17) is 5.11 Å². The lowest BCUT2D eigenvalue weighted by Crippen LogP contribution is -2.24. The molecule has 0 aliphatic carbocycles. The zero-order valence-corrected chi connectivity index (χ0v) is 12.2. The molecule has 2 aromatic rings. The minimum absolute atomic E-state index is 0.133. The van der Waals surface area contributed by atoms with Crippen molar-refractivity contribution >= 4 is 10.0 Å². The van der Waals surface area contributed by atoms with E-state index in [9.17, 15) is 8.42 Å². The fourth-order valence-corrected chi connectivity index (χ4v) is 3.02. The van der Waals surface area contributed by atoms with Crippen LogP contribution in [0.15, 0.2) is 35.6 Å². The number of sulfonamides is 1. The second-order valence-corrected chi connectivity index (χ2v) is 6.08. The first-order chi connectivity index (χ1) is 10.0.